The van der Waals surface area contributed by atoms with Gasteiger partial charge in [-0.15, -0.1) is 0 Å². The van der Waals surface area contributed by atoms with E-state index < -0.39 is 11.7 Å². The van der Waals surface area contributed by atoms with E-state index in [2.05, 4.69) is 32.7 Å². The number of nitrogens with zero attached hydrogens (tertiary/aromatic N) is 4. The van der Waals surface area contributed by atoms with Gasteiger partial charge in [0.25, 0.3) is 5.91 Å². The zero-order valence-corrected chi connectivity index (χ0v) is 18.6. The molecule has 0 aliphatic rings. The van der Waals surface area contributed by atoms with Crippen molar-refractivity contribution < 1.29 is 18.0 Å². The molecule has 176 valence electrons. The fourth-order valence-corrected chi connectivity index (χ4v) is 3.35. The van der Waals surface area contributed by atoms with Crippen LogP contribution in [-0.4, -0.2) is 39.0 Å². The molecular weight excluding hydrogens is 433 g/mol. The Morgan fingerprint density at radius 2 is 1.85 bits per heavy atom. The number of halogens is 3. The molecule has 0 bridgehead atoms. The van der Waals surface area contributed by atoms with E-state index in [0.717, 1.165) is 37.1 Å². The number of aromatic nitrogens is 4. The van der Waals surface area contributed by atoms with Crippen molar-refractivity contribution in [2.24, 2.45) is 5.92 Å². The van der Waals surface area contributed by atoms with Crippen molar-refractivity contribution in [2.75, 3.05) is 18.4 Å². The number of carbonyl (C=O) groups is 1. The standard InChI is InChI=1S/C23H27F3N6O/c1-16(9-11-27-21-8-6-18(15-29-21)23(24,25)26)4-3-10-28-22(33)19-14-17(2)5-7-20(19)32-30-12-13-31-32/h5-8,12-16H,3-4,9-11H2,1-2H3,(H,27,29)(H,28,33). The Bertz CT molecular complexity index is 1040. The number of hydrogen-bond acceptors (Lipinski definition) is 5. The highest BCUT2D eigenvalue weighted by Gasteiger charge is 2.30. The summed E-state index contributed by atoms with van der Waals surface area (Å²) in [6.45, 7) is 5.17. The lowest BCUT2D eigenvalue weighted by Gasteiger charge is -2.14. The van der Waals surface area contributed by atoms with E-state index in [-0.39, 0.29) is 5.91 Å². The van der Waals surface area contributed by atoms with Gasteiger partial charge in [0.1, 0.15) is 5.82 Å². The molecule has 1 unspecified atom stereocenters. The Balaban J connectivity index is 1.39. The first-order valence-corrected chi connectivity index (χ1v) is 10.8. The monoisotopic (exact) mass is 460 g/mol. The Kier molecular flexibility index (Phi) is 8.02. The first-order valence-electron chi connectivity index (χ1n) is 10.8. The molecule has 33 heavy (non-hydrogen) atoms. The van der Waals surface area contributed by atoms with Crippen LogP contribution in [0, 0.1) is 12.8 Å². The van der Waals surface area contributed by atoms with Gasteiger partial charge in [0.15, 0.2) is 0 Å². The zero-order valence-electron chi connectivity index (χ0n) is 18.6. The fourth-order valence-electron chi connectivity index (χ4n) is 3.35. The normalized spacial score (nSPS) is 12.4. The highest BCUT2D eigenvalue weighted by molar-refractivity contribution is 5.97. The first kappa shape index (κ1) is 24.2. The predicted molar refractivity (Wildman–Crippen MR) is 119 cm³/mol. The van der Waals surface area contributed by atoms with Gasteiger partial charge < -0.3 is 10.6 Å². The Morgan fingerprint density at radius 3 is 2.52 bits per heavy atom. The largest absolute Gasteiger partial charge is 0.417 e. The second kappa shape index (κ2) is 10.9. The first-order chi connectivity index (χ1) is 15.7. The summed E-state index contributed by atoms with van der Waals surface area (Å²) in [4.78, 5) is 17.9. The van der Waals surface area contributed by atoms with Crippen molar-refractivity contribution in [3.63, 3.8) is 0 Å². The van der Waals surface area contributed by atoms with E-state index in [1.54, 1.807) is 12.4 Å². The van der Waals surface area contributed by atoms with Crippen LogP contribution < -0.4 is 10.6 Å². The van der Waals surface area contributed by atoms with Gasteiger partial charge in [-0.05, 0) is 56.4 Å². The predicted octanol–water partition coefficient (Wildman–Crippen LogP) is 4.64. The second-order valence-corrected chi connectivity index (χ2v) is 7.99. The summed E-state index contributed by atoms with van der Waals surface area (Å²) >= 11 is 0. The summed E-state index contributed by atoms with van der Waals surface area (Å²) in [6, 6.07) is 7.90. The maximum absolute atomic E-state index is 12.7. The third-order valence-electron chi connectivity index (χ3n) is 5.22. The van der Waals surface area contributed by atoms with Crippen molar-refractivity contribution in [3.8, 4) is 5.69 Å². The molecule has 0 spiro atoms. The van der Waals surface area contributed by atoms with Crippen LogP contribution in [-0.2, 0) is 6.18 Å². The summed E-state index contributed by atoms with van der Waals surface area (Å²) in [6.07, 6.45) is 2.12. The van der Waals surface area contributed by atoms with Crippen LogP contribution in [0.1, 0.15) is 47.7 Å². The summed E-state index contributed by atoms with van der Waals surface area (Å²) in [5.74, 6) is 0.628. The smallest absolute Gasteiger partial charge is 0.370 e. The highest BCUT2D eigenvalue weighted by atomic mass is 19.4. The number of amides is 1. The Hall–Kier alpha value is -3.43. The van der Waals surface area contributed by atoms with E-state index in [1.807, 2.05) is 25.1 Å². The number of aryl methyl sites for hydroxylation is 1. The molecule has 3 aromatic rings. The maximum atomic E-state index is 12.7. The minimum absolute atomic E-state index is 0.173. The van der Waals surface area contributed by atoms with E-state index in [9.17, 15) is 18.0 Å². The van der Waals surface area contributed by atoms with Crippen LogP contribution in [0.3, 0.4) is 0 Å². The topological polar surface area (TPSA) is 84.7 Å². The number of carbonyl (C=O) groups excluding carboxylic acids is 1. The third-order valence-corrected chi connectivity index (χ3v) is 5.22. The molecule has 1 atom stereocenters. The van der Waals surface area contributed by atoms with Gasteiger partial charge >= 0.3 is 6.18 Å². The fraction of sp³-hybridized carbons (Fsp3) is 0.391. The summed E-state index contributed by atoms with van der Waals surface area (Å²) < 4.78 is 37.7. The summed E-state index contributed by atoms with van der Waals surface area (Å²) in [5, 5.41) is 14.2. The van der Waals surface area contributed by atoms with Crippen LogP contribution in [0.4, 0.5) is 19.0 Å². The molecule has 0 saturated carbocycles. The molecule has 0 radical (unpaired) electrons. The molecule has 2 heterocycles. The number of pyridine rings is 1. The SMILES string of the molecule is Cc1ccc(-n2nccn2)c(C(=O)NCCCC(C)CCNc2ccc(C(F)(F)F)cn2)c1. The molecule has 3 rings (SSSR count). The van der Waals surface area contributed by atoms with Gasteiger partial charge in [-0.3, -0.25) is 4.79 Å². The van der Waals surface area contributed by atoms with E-state index in [0.29, 0.717) is 36.1 Å². The van der Waals surface area contributed by atoms with Crippen molar-refractivity contribution in [1.82, 2.24) is 25.3 Å². The number of benzene rings is 1. The van der Waals surface area contributed by atoms with Crippen LogP contribution in [0.25, 0.3) is 5.69 Å². The molecule has 2 aromatic heterocycles. The summed E-state index contributed by atoms with van der Waals surface area (Å²) in [7, 11) is 0. The molecule has 0 aliphatic carbocycles. The molecule has 0 aliphatic heterocycles. The van der Waals surface area contributed by atoms with Crippen LogP contribution in [0.2, 0.25) is 0 Å². The van der Waals surface area contributed by atoms with E-state index >= 15 is 0 Å². The minimum atomic E-state index is -4.38. The van der Waals surface area contributed by atoms with Gasteiger partial charge in [-0.25, -0.2) is 4.98 Å². The zero-order chi connectivity index (χ0) is 23.8. The highest BCUT2D eigenvalue weighted by Crippen LogP contribution is 2.28. The third kappa shape index (κ3) is 7.03. The number of nitrogens with one attached hydrogen (secondary N) is 2. The molecule has 0 saturated heterocycles. The number of anilines is 1. The van der Waals surface area contributed by atoms with Crippen LogP contribution >= 0.6 is 0 Å². The van der Waals surface area contributed by atoms with Crippen LogP contribution in [0.5, 0.6) is 0 Å². The van der Waals surface area contributed by atoms with Gasteiger partial charge in [0, 0.05) is 19.3 Å². The van der Waals surface area contributed by atoms with E-state index in [1.165, 1.54) is 10.9 Å². The average molecular weight is 461 g/mol. The van der Waals surface area contributed by atoms with Gasteiger partial charge in [-0.2, -0.15) is 28.2 Å². The minimum Gasteiger partial charge on any atom is -0.370 e. The molecule has 10 heteroatoms. The van der Waals surface area contributed by atoms with Crippen molar-refractivity contribution in [1.29, 1.82) is 0 Å². The van der Waals surface area contributed by atoms with Gasteiger partial charge in [0.2, 0.25) is 0 Å². The maximum Gasteiger partial charge on any atom is 0.417 e. The van der Waals surface area contributed by atoms with E-state index in [4.69, 9.17) is 0 Å². The molecule has 7 nitrogen and oxygen atoms in total. The van der Waals surface area contributed by atoms with Gasteiger partial charge in [0.05, 0.1) is 29.2 Å². The molecule has 1 amide bonds. The molecule has 2 N–H and O–H groups in total. The number of hydrogen-bond donors (Lipinski definition) is 2. The quantitative estimate of drug-likeness (QED) is 0.431. The Labute approximate surface area is 190 Å². The summed E-state index contributed by atoms with van der Waals surface area (Å²) in [5.41, 5.74) is 1.36. The molecular formula is C23H27F3N6O. The second-order valence-electron chi connectivity index (χ2n) is 7.99. The molecule has 0 fully saturated rings. The molecule has 1 aromatic carbocycles. The average Bonchev–Trinajstić information content (AvgIpc) is 3.31. The Morgan fingerprint density at radius 1 is 1.09 bits per heavy atom. The lowest BCUT2D eigenvalue weighted by atomic mass is 10.0. The lowest BCUT2D eigenvalue weighted by Crippen LogP contribution is -2.26. The lowest BCUT2D eigenvalue weighted by molar-refractivity contribution is -0.137. The van der Waals surface area contributed by atoms with Crippen molar-refractivity contribution in [2.45, 2.75) is 39.3 Å². The van der Waals surface area contributed by atoms with Crippen LogP contribution in [0.15, 0.2) is 48.9 Å². The number of alkyl halides is 3. The van der Waals surface area contributed by atoms with Gasteiger partial charge in [-0.1, -0.05) is 18.6 Å². The number of rotatable bonds is 10. The van der Waals surface area contributed by atoms with Crippen molar-refractivity contribution in [3.05, 3.63) is 65.6 Å². The van der Waals surface area contributed by atoms with Crippen molar-refractivity contribution >= 4 is 11.7 Å².